The van der Waals surface area contributed by atoms with E-state index in [0.29, 0.717) is 28.3 Å². The number of anilines is 1. The molecule has 0 N–H and O–H groups in total. The summed E-state index contributed by atoms with van der Waals surface area (Å²) in [6.07, 6.45) is -1.26. The number of carbonyl (C=O) groups is 4. The smallest absolute Gasteiger partial charge is 0.326 e. The van der Waals surface area contributed by atoms with E-state index in [1.807, 2.05) is 6.07 Å². The van der Waals surface area contributed by atoms with Crippen molar-refractivity contribution in [3.8, 4) is 11.5 Å². The Morgan fingerprint density at radius 1 is 0.930 bits per heavy atom. The SMILES string of the molecule is CC1=NN(c2ccccc2)C(=O)[C@]12C[C@H]1C(=O)c3ccccc3O[C@@H]1[C@]1(C(=O)Oc3ccccc31)[C@H]2C(=O)OC(C)(C)C. The highest BCUT2D eigenvalue weighted by Gasteiger charge is 2.78. The minimum absolute atomic E-state index is 0.108. The lowest BCUT2D eigenvalue weighted by Crippen LogP contribution is -2.71. The maximum absolute atomic E-state index is 14.9. The number of hydrazone groups is 1. The molecule has 9 heteroatoms. The van der Waals surface area contributed by atoms with Gasteiger partial charge in [-0.15, -0.1) is 0 Å². The molecule has 1 aliphatic carbocycles. The summed E-state index contributed by atoms with van der Waals surface area (Å²) in [5, 5.41) is 5.94. The lowest BCUT2D eigenvalue weighted by Gasteiger charge is -2.55. The second-order valence-electron chi connectivity index (χ2n) is 12.5. The fourth-order valence-electron chi connectivity index (χ4n) is 7.38. The first-order valence-electron chi connectivity index (χ1n) is 14.3. The molecule has 2 spiro atoms. The molecule has 3 aromatic carbocycles. The fourth-order valence-corrected chi connectivity index (χ4v) is 7.38. The van der Waals surface area contributed by atoms with Crippen molar-refractivity contribution < 1.29 is 33.4 Å². The molecule has 3 aromatic rings. The lowest BCUT2D eigenvalue weighted by atomic mass is 9.46. The highest BCUT2D eigenvalue weighted by atomic mass is 16.6. The van der Waals surface area contributed by atoms with Crippen molar-refractivity contribution in [2.24, 2.45) is 22.4 Å². The summed E-state index contributed by atoms with van der Waals surface area (Å²) in [4.78, 5) is 58.3. The Labute approximate surface area is 248 Å². The normalized spacial score (nSPS) is 29.0. The Kier molecular flexibility index (Phi) is 5.73. The highest BCUT2D eigenvalue weighted by molar-refractivity contribution is 6.22. The van der Waals surface area contributed by atoms with Crippen molar-refractivity contribution >= 4 is 35.0 Å². The van der Waals surface area contributed by atoms with Crippen molar-refractivity contribution in [1.82, 2.24) is 0 Å². The number of nitrogens with zero attached hydrogens (tertiary/aromatic N) is 2. The molecule has 0 radical (unpaired) electrons. The monoisotopic (exact) mass is 578 g/mol. The number of benzene rings is 3. The zero-order valence-electron chi connectivity index (χ0n) is 24.2. The van der Waals surface area contributed by atoms with Crippen LogP contribution in [0.15, 0.2) is 84.0 Å². The summed E-state index contributed by atoms with van der Waals surface area (Å²) < 4.78 is 18.5. The molecule has 5 atom stereocenters. The van der Waals surface area contributed by atoms with E-state index in [1.165, 1.54) is 5.01 Å². The van der Waals surface area contributed by atoms with E-state index in [1.54, 1.807) is 100 Å². The minimum atomic E-state index is -1.90. The third-order valence-corrected chi connectivity index (χ3v) is 9.03. The van der Waals surface area contributed by atoms with Crippen LogP contribution in [0.4, 0.5) is 5.69 Å². The van der Waals surface area contributed by atoms with Crippen molar-refractivity contribution in [2.45, 2.75) is 51.2 Å². The van der Waals surface area contributed by atoms with Gasteiger partial charge in [-0.1, -0.05) is 48.5 Å². The fraction of sp³-hybridized carbons (Fsp3) is 0.324. The molecule has 1 fully saturated rings. The molecule has 1 amide bonds. The Balaban J connectivity index is 1.54. The number of hydrogen-bond acceptors (Lipinski definition) is 8. The van der Waals surface area contributed by atoms with Gasteiger partial charge in [-0.2, -0.15) is 10.1 Å². The van der Waals surface area contributed by atoms with Gasteiger partial charge in [0.05, 0.1) is 22.9 Å². The van der Waals surface area contributed by atoms with Gasteiger partial charge in [-0.25, -0.2) is 0 Å². The van der Waals surface area contributed by atoms with Gasteiger partial charge in [-0.05, 0) is 64.4 Å². The first-order chi connectivity index (χ1) is 20.5. The van der Waals surface area contributed by atoms with Crippen LogP contribution < -0.4 is 14.5 Å². The van der Waals surface area contributed by atoms with Crippen LogP contribution in [-0.4, -0.2) is 41.0 Å². The molecule has 0 unspecified atom stereocenters. The molecule has 1 saturated carbocycles. The standard InChI is InChI=1S/C34H30N2O7/c1-19-33(30(39)36(35-19)20-12-6-5-7-13-20)18-22-26(37)21-14-8-10-16-24(21)41-28(22)34(27(33)29(38)43-32(2,3)4)23-15-9-11-17-25(23)42-31(34)40/h5-17,22,27-28H,18H2,1-4H3/t22-,27-,28-,33+,34+/m0/s1. The Bertz CT molecular complexity index is 1740. The second kappa shape index (κ2) is 9.10. The van der Waals surface area contributed by atoms with Gasteiger partial charge in [0.1, 0.15) is 40.0 Å². The highest BCUT2D eigenvalue weighted by Crippen LogP contribution is 2.64. The van der Waals surface area contributed by atoms with Crippen molar-refractivity contribution in [2.75, 3.05) is 5.01 Å². The number of ketones is 1. The zero-order valence-corrected chi connectivity index (χ0v) is 24.2. The molecule has 3 aliphatic heterocycles. The third-order valence-electron chi connectivity index (χ3n) is 9.03. The molecule has 7 rings (SSSR count). The topological polar surface area (TPSA) is 112 Å². The average Bonchev–Trinajstić information content (AvgIpc) is 3.39. The number of rotatable bonds is 2. The maximum Gasteiger partial charge on any atom is 0.326 e. The van der Waals surface area contributed by atoms with E-state index in [2.05, 4.69) is 5.10 Å². The molecule has 9 nitrogen and oxygen atoms in total. The predicted molar refractivity (Wildman–Crippen MR) is 156 cm³/mol. The van der Waals surface area contributed by atoms with E-state index in [9.17, 15) is 19.2 Å². The van der Waals surface area contributed by atoms with Crippen molar-refractivity contribution in [3.05, 3.63) is 90.0 Å². The number of fused-ring (bicyclic) bond motifs is 5. The van der Waals surface area contributed by atoms with E-state index < -0.39 is 52.2 Å². The number of esters is 2. The van der Waals surface area contributed by atoms with Crippen LogP contribution in [0.2, 0.25) is 0 Å². The zero-order chi connectivity index (χ0) is 30.3. The summed E-state index contributed by atoms with van der Waals surface area (Å²) in [5.74, 6) is -4.23. The molecule has 43 heavy (non-hydrogen) atoms. The Hall–Kier alpha value is -4.79. The van der Waals surface area contributed by atoms with Crippen LogP contribution in [0.1, 0.15) is 50.0 Å². The Morgan fingerprint density at radius 3 is 2.30 bits per heavy atom. The number of Topliss-reactive ketones (excluding diaryl/α,β-unsaturated/α-hetero) is 1. The van der Waals surface area contributed by atoms with Crippen molar-refractivity contribution in [1.29, 1.82) is 0 Å². The van der Waals surface area contributed by atoms with Crippen LogP contribution >= 0.6 is 0 Å². The Morgan fingerprint density at radius 2 is 1.58 bits per heavy atom. The number of para-hydroxylation sites is 3. The number of hydrogen-bond donors (Lipinski definition) is 0. The first-order valence-corrected chi connectivity index (χ1v) is 14.3. The van der Waals surface area contributed by atoms with Crippen LogP contribution in [0.25, 0.3) is 0 Å². The first kappa shape index (κ1) is 27.1. The van der Waals surface area contributed by atoms with Gasteiger partial charge in [0, 0.05) is 5.56 Å². The van der Waals surface area contributed by atoms with Gasteiger partial charge in [0.2, 0.25) is 0 Å². The summed E-state index contributed by atoms with van der Waals surface area (Å²) in [5.41, 5.74) is -3.06. The third kappa shape index (κ3) is 3.60. The van der Waals surface area contributed by atoms with E-state index >= 15 is 0 Å². The van der Waals surface area contributed by atoms with E-state index in [0.717, 1.165) is 0 Å². The van der Waals surface area contributed by atoms with E-state index in [-0.39, 0.29) is 18.0 Å². The van der Waals surface area contributed by atoms with E-state index in [4.69, 9.17) is 14.2 Å². The number of ether oxygens (including phenoxy) is 3. The minimum Gasteiger partial charge on any atom is -0.487 e. The molecular formula is C34H30N2O7. The van der Waals surface area contributed by atoms with Gasteiger partial charge in [-0.3, -0.25) is 19.2 Å². The summed E-state index contributed by atoms with van der Waals surface area (Å²) in [6, 6.07) is 22.5. The quantitative estimate of drug-likeness (QED) is 0.315. The number of carbonyl (C=O) groups excluding carboxylic acids is 4. The summed E-state index contributed by atoms with van der Waals surface area (Å²) in [6.45, 7) is 6.84. The van der Waals surface area contributed by atoms with Gasteiger partial charge in [0.15, 0.2) is 5.78 Å². The predicted octanol–water partition coefficient (Wildman–Crippen LogP) is 4.87. The number of amides is 1. The van der Waals surface area contributed by atoms with Crippen LogP contribution in [-0.2, 0) is 24.5 Å². The molecule has 0 aromatic heterocycles. The largest absolute Gasteiger partial charge is 0.487 e. The maximum atomic E-state index is 14.9. The summed E-state index contributed by atoms with van der Waals surface area (Å²) in [7, 11) is 0. The van der Waals surface area contributed by atoms with Crippen molar-refractivity contribution in [3.63, 3.8) is 0 Å². The average molecular weight is 579 g/mol. The molecule has 218 valence electrons. The summed E-state index contributed by atoms with van der Waals surface area (Å²) >= 11 is 0. The molecule has 0 bridgehead atoms. The second-order valence-corrected chi connectivity index (χ2v) is 12.5. The lowest BCUT2D eigenvalue weighted by molar-refractivity contribution is -0.184. The van der Waals surface area contributed by atoms with Gasteiger partial charge < -0.3 is 14.2 Å². The van der Waals surface area contributed by atoms with Crippen LogP contribution in [0.5, 0.6) is 11.5 Å². The van der Waals surface area contributed by atoms with Gasteiger partial charge in [0.25, 0.3) is 5.91 Å². The van der Waals surface area contributed by atoms with Crippen LogP contribution in [0, 0.1) is 17.3 Å². The molecule has 0 saturated heterocycles. The van der Waals surface area contributed by atoms with Gasteiger partial charge >= 0.3 is 11.9 Å². The molecule has 3 heterocycles. The molecule has 4 aliphatic rings. The van der Waals surface area contributed by atoms with Crippen LogP contribution in [0.3, 0.4) is 0 Å². The molecular weight excluding hydrogens is 548 g/mol.